The van der Waals surface area contributed by atoms with E-state index in [1.165, 1.54) is 7.05 Å². The molecule has 0 spiro atoms. The zero-order valence-electron chi connectivity index (χ0n) is 35.8. The van der Waals surface area contributed by atoms with Gasteiger partial charge in [0.2, 0.25) is 11.8 Å². The number of Topliss-reactive ketones (excluding diaryl/α,β-unsaturated/α-hetero) is 1. The van der Waals surface area contributed by atoms with Gasteiger partial charge in [-0.1, -0.05) is 54.4 Å². The summed E-state index contributed by atoms with van der Waals surface area (Å²) in [6.45, 7) is 20.1. The molecule has 16 heteroatoms. The van der Waals surface area contributed by atoms with E-state index in [1.54, 1.807) is 6.92 Å². The number of hydrogen-bond donors (Lipinski definition) is 5. The summed E-state index contributed by atoms with van der Waals surface area (Å²) in [4.78, 5) is 46.1. The van der Waals surface area contributed by atoms with Gasteiger partial charge >= 0.3 is 6.03 Å². The molecule has 0 saturated carbocycles. The van der Waals surface area contributed by atoms with E-state index in [2.05, 4.69) is 27.0 Å². The lowest BCUT2D eigenvalue weighted by Gasteiger charge is -2.16. The molecule has 15 nitrogen and oxygen atoms in total. The largest absolute Gasteiger partial charge is 0.379 e. The second-order valence-electron chi connectivity index (χ2n) is 11.5. The summed E-state index contributed by atoms with van der Waals surface area (Å²) >= 11 is 1.90. The molecule has 2 aliphatic heterocycles. The van der Waals surface area contributed by atoms with Gasteiger partial charge in [-0.25, -0.2) is 4.79 Å². The van der Waals surface area contributed by atoms with Crippen LogP contribution in [0.4, 0.5) is 4.79 Å². The van der Waals surface area contributed by atoms with Crippen LogP contribution < -0.4 is 27.0 Å². The Kier molecular flexibility index (Phi) is 48.2. The molecule has 55 heavy (non-hydrogen) atoms. The minimum atomic E-state index is -0.0628. The van der Waals surface area contributed by atoms with Gasteiger partial charge < -0.3 is 60.2 Å². The highest BCUT2D eigenvalue weighted by atomic mass is 32.2. The number of ether oxygens (including phenoxy) is 6. The molecule has 6 N–H and O–H groups in total. The SMILES string of the molecule is CC.CC.CC.CC(=O)CCCCCNC(=O)CCOCCOCCOCCOCCOCCOCCNC(=O)CCCCC1SCC2NC(=O)NC21.CN. The van der Waals surface area contributed by atoms with E-state index >= 15 is 0 Å². The van der Waals surface area contributed by atoms with Crippen LogP contribution in [-0.2, 0) is 42.8 Å². The number of carbonyl (C=O) groups is 4. The van der Waals surface area contributed by atoms with Crippen LogP contribution in [-0.4, -0.2) is 146 Å². The molecule has 3 atom stereocenters. The second kappa shape index (κ2) is 46.3. The van der Waals surface area contributed by atoms with E-state index in [0.717, 1.165) is 44.3 Å². The number of carbonyl (C=O) groups excluding carboxylic acids is 4. The first-order valence-corrected chi connectivity index (χ1v) is 21.8. The van der Waals surface area contributed by atoms with Crippen molar-refractivity contribution in [2.75, 3.05) is 105 Å². The smallest absolute Gasteiger partial charge is 0.315 e. The Hall–Kier alpha value is -2.05. The number of unbranched alkanes of at least 4 members (excludes halogenated alkanes) is 3. The number of ketones is 1. The highest BCUT2D eigenvalue weighted by Gasteiger charge is 2.42. The number of thioether (sulfide) groups is 1. The Morgan fingerprint density at radius 2 is 1.05 bits per heavy atom. The minimum absolute atomic E-state index is 0.0284. The maximum atomic E-state index is 12.0. The van der Waals surface area contributed by atoms with Crippen LogP contribution in [0.5, 0.6) is 0 Å². The zero-order chi connectivity index (χ0) is 41.8. The zero-order valence-corrected chi connectivity index (χ0v) is 36.6. The van der Waals surface area contributed by atoms with Crippen LogP contribution in [0.1, 0.15) is 106 Å². The first kappa shape index (κ1) is 57.3. The molecule has 0 aromatic rings. The van der Waals surface area contributed by atoms with E-state index in [4.69, 9.17) is 28.4 Å². The third-order valence-corrected chi connectivity index (χ3v) is 9.02. The molecule has 0 aromatic carbocycles. The van der Waals surface area contributed by atoms with Crippen molar-refractivity contribution in [1.82, 2.24) is 21.3 Å². The highest BCUT2D eigenvalue weighted by Crippen LogP contribution is 2.33. The van der Waals surface area contributed by atoms with Crippen molar-refractivity contribution < 1.29 is 47.6 Å². The van der Waals surface area contributed by atoms with Gasteiger partial charge in [0.25, 0.3) is 0 Å². The minimum Gasteiger partial charge on any atom is -0.379 e. The molecule has 2 fully saturated rings. The first-order valence-electron chi connectivity index (χ1n) is 20.7. The van der Waals surface area contributed by atoms with Crippen molar-refractivity contribution in [3.05, 3.63) is 0 Å². The number of nitrogens with one attached hydrogen (secondary N) is 4. The Balaban J connectivity index is -0.00000316. The summed E-state index contributed by atoms with van der Waals surface area (Å²) in [5.41, 5.74) is 4.50. The lowest BCUT2D eigenvalue weighted by atomic mass is 10.0. The molecule has 2 saturated heterocycles. The normalized spacial score (nSPS) is 16.2. The maximum Gasteiger partial charge on any atom is 0.315 e. The van der Waals surface area contributed by atoms with Crippen molar-refractivity contribution >= 4 is 35.4 Å². The van der Waals surface area contributed by atoms with Crippen LogP contribution in [0, 0.1) is 0 Å². The van der Waals surface area contributed by atoms with Crippen molar-refractivity contribution in [2.24, 2.45) is 5.73 Å². The third kappa shape index (κ3) is 37.3. The Morgan fingerprint density at radius 1 is 0.600 bits per heavy atom. The van der Waals surface area contributed by atoms with Crippen molar-refractivity contribution in [3.8, 4) is 0 Å². The molecule has 4 amide bonds. The number of urea groups is 1. The molecule has 2 rings (SSSR count). The van der Waals surface area contributed by atoms with Gasteiger partial charge in [-0.2, -0.15) is 11.8 Å². The van der Waals surface area contributed by atoms with Crippen LogP contribution in [0.15, 0.2) is 0 Å². The third-order valence-electron chi connectivity index (χ3n) is 7.51. The fraction of sp³-hybridized carbons (Fsp3) is 0.897. The second-order valence-corrected chi connectivity index (χ2v) is 12.8. The average molecular weight is 812 g/mol. The molecular weight excluding hydrogens is 731 g/mol. The Bertz CT molecular complexity index is 879. The monoisotopic (exact) mass is 812 g/mol. The Morgan fingerprint density at radius 3 is 1.58 bits per heavy atom. The number of nitrogens with two attached hydrogens (primary N) is 1. The van der Waals surface area contributed by atoms with Gasteiger partial charge in [0.1, 0.15) is 5.78 Å². The maximum absolute atomic E-state index is 12.0. The predicted octanol–water partition coefficient (Wildman–Crippen LogP) is 4.24. The van der Waals surface area contributed by atoms with Gasteiger partial charge in [-0.15, -0.1) is 0 Å². The molecule has 0 bridgehead atoms. The molecule has 2 aliphatic rings. The van der Waals surface area contributed by atoms with E-state index in [9.17, 15) is 19.2 Å². The molecule has 0 radical (unpaired) electrons. The molecule has 0 aliphatic carbocycles. The highest BCUT2D eigenvalue weighted by molar-refractivity contribution is 8.00. The number of hydrogen-bond acceptors (Lipinski definition) is 12. The van der Waals surface area contributed by atoms with Crippen molar-refractivity contribution in [1.29, 1.82) is 0 Å². The van der Waals surface area contributed by atoms with Crippen molar-refractivity contribution in [2.45, 2.75) is 124 Å². The summed E-state index contributed by atoms with van der Waals surface area (Å²) in [6, 6.07) is 0.402. The number of fused-ring (bicyclic) bond motifs is 1. The van der Waals surface area contributed by atoms with Gasteiger partial charge in [-0.05, 0) is 39.7 Å². The van der Waals surface area contributed by atoms with Gasteiger partial charge in [-0.3, -0.25) is 9.59 Å². The molecule has 0 aromatic heterocycles. The summed E-state index contributed by atoms with van der Waals surface area (Å²) in [5, 5.41) is 12.1. The molecule has 328 valence electrons. The summed E-state index contributed by atoms with van der Waals surface area (Å²) in [5.74, 6) is 1.18. The van der Waals surface area contributed by atoms with Crippen molar-refractivity contribution in [3.63, 3.8) is 0 Å². The van der Waals surface area contributed by atoms with Gasteiger partial charge in [0.15, 0.2) is 0 Å². The van der Waals surface area contributed by atoms with Gasteiger partial charge in [0, 0.05) is 43.4 Å². The lowest BCUT2D eigenvalue weighted by Crippen LogP contribution is -2.36. The summed E-state index contributed by atoms with van der Waals surface area (Å²) < 4.78 is 32.8. The topological polar surface area (TPSA) is 198 Å². The van der Waals surface area contributed by atoms with Gasteiger partial charge in [0.05, 0.1) is 91.4 Å². The number of rotatable bonds is 32. The average Bonchev–Trinajstić information content (AvgIpc) is 3.77. The fourth-order valence-electron chi connectivity index (χ4n) is 4.98. The van der Waals surface area contributed by atoms with Crippen LogP contribution >= 0.6 is 11.8 Å². The molecular formula is C39H81N5O10S. The van der Waals surface area contributed by atoms with E-state index in [0.29, 0.717) is 117 Å². The lowest BCUT2D eigenvalue weighted by molar-refractivity contribution is -0.122. The van der Waals surface area contributed by atoms with Crippen LogP contribution in [0.25, 0.3) is 0 Å². The molecule has 3 unspecified atom stereocenters. The van der Waals surface area contributed by atoms with Crippen LogP contribution in [0.3, 0.4) is 0 Å². The van der Waals surface area contributed by atoms with Crippen LogP contribution in [0.2, 0.25) is 0 Å². The van der Waals surface area contributed by atoms with E-state index < -0.39 is 0 Å². The van der Waals surface area contributed by atoms with E-state index in [1.807, 2.05) is 53.3 Å². The Labute approximate surface area is 338 Å². The first-order chi connectivity index (χ1) is 27.0. The molecule has 2 heterocycles. The fourth-order valence-corrected chi connectivity index (χ4v) is 6.53. The standard InChI is InChI=1S/C32H58N4O10S.3C2H6.CH5N/c1-26(37)7-3-2-6-11-33-30(39)10-13-41-15-17-43-19-21-45-23-24-46-22-20-44-18-16-42-14-12-34-29(38)9-5-4-8-28-31-27(25-47-28)35-32(40)36-31;4*1-2/h27-28,31H,2-25H2,1H3,(H,33,39)(H,34,38)(H2,35,36,40);3*1-2H3;2H2,1H3. The van der Waals surface area contributed by atoms with E-state index in [-0.39, 0.29) is 35.7 Å². The quantitative estimate of drug-likeness (QED) is 0.0480. The summed E-state index contributed by atoms with van der Waals surface area (Å²) in [7, 11) is 1.50. The predicted molar refractivity (Wildman–Crippen MR) is 223 cm³/mol. The number of amides is 4. The summed E-state index contributed by atoms with van der Waals surface area (Å²) in [6.07, 6.45) is 6.95.